The summed E-state index contributed by atoms with van der Waals surface area (Å²) in [5, 5.41) is 2.83. The number of rotatable bonds is 8. The van der Waals surface area contributed by atoms with E-state index in [0.29, 0.717) is 31.0 Å². The molecular formula is C22H28FN3O3. The van der Waals surface area contributed by atoms with Crippen LogP contribution in [0.2, 0.25) is 0 Å². The molecule has 0 saturated carbocycles. The van der Waals surface area contributed by atoms with E-state index in [4.69, 9.17) is 4.74 Å². The number of urea groups is 1. The van der Waals surface area contributed by atoms with Crippen molar-refractivity contribution in [3.63, 3.8) is 0 Å². The number of benzene rings is 2. The molecule has 0 heterocycles. The van der Waals surface area contributed by atoms with Crippen LogP contribution in [0.3, 0.4) is 0 Å². The third-order valence-corrected chi connectivity index (χ3v) is 4.60. The van der Waals surface area contributed by atoms with Crippen LogP contribution >= 0.6 is 0 Å². The standard InChI is InChI=1S/C22H28FN3O3/c1-16(2)26(4)21(27)18-7-5-17(6-8-18)15-24-22(28)25(3)13-14-29-20-11-9-19(23)10-12-20/h5-12,16H,13-15H2,1-4H3,(H,24,28). The number of likely N-dealkylation sites (N-methyl/N-ethyl adjacent to an activating group) is 1. The highest BCUT2D eigenvalue weighted by molar-refractivity contribution is 5.94. The highest BCUT2D eigenvalue weighted by atomic mass is 19.1. The van der Waals surface area contributed by atoms with Crippen molar-refractivity contribution < 1.29 is 18.7 Å². The summed E-state index contributed by atoms with van der Waals surface area (Å²) in [6.45, 7) is 4.97. The van der Waals surface area contributed by atoms with Crippen LogP contribution in [0.15, 0.2) is 48.5 Å². The zero-order chi connectivity index (χ0) is 21.4. The molecule has 2 aromatic rings. The predicted molar refractivity (Wildman–Crippen MR) is 110 cm³/mol. The summed E-state index contributed by atoms with van der Waals surface area (Å²) < 4.78 is 18.4. The van der Waals surface area contributed by atoms with Crippen molar-refractivity contribution in [3.05, 3.63) is 65.5 Å². The van der Waals surface area contributed by atoms with Crippen molar-refractivity contribution in [2.45, 2.75) is 26.4 Å². The van der Waals surface area contributed by atoms with Gasteiger partial charge in [0.15, 0.2) is 0 Å². The van der Waals surface area contributed by atoms with E-state index in [2.05, 4.69) is 5.32 Å². The molecule has 0 fully saturated rings. The molecule has 0 atom stereocenters. The van der Waals surface area contributed by atoms with Gasteiger partial charge in [-0.2, -0.15) is 0 Å². The molecule has 0 unspecified atom stereocenters. The minimum absolute atomic E-state index is 0.0310. The van der Waals surface area contributed by atoms with Crippen LogP contribution in [-0.4, -0.2) is 55.0 Å². The van der Waals surface area contributed by atoms with Crippen LogP contribution in [0.25, 0.3) is 0 Å². The summed E-state index contributed by atoms with van der Waals surface area (Å²) in [5.74, 6) is 0.201. The average Bonchev–Trinajstić information content (AvgIpc) is 2.72. The van der Waals surface area contributed by atoms with Crippen molar-refractivity contribution in [3.8, 4) is 5.75 Å². The molecule has 0 radical (unpaired) electrons. The molecule has 0 saturated heterocycles. The van der Waals surface area contributed by atoms with Crippen LogP contribution in [0, 0.1) is 5.82 Å². The molecule has 0 aromatic heterocycles. The van der Waals surface area contributed by atoms with E-state index >= 15 is 0 Å². The summed E-state index contributed by atoms with van der Waals surface area (Å²) in [5.41, 5.74) is 1.52. The molecule has 2 aromatic carbocycles. The van der Waals surface area contributed by atoms with Gasteiger partial charge in [-0.05, 0) is 55.8 Å². The van der Waals surface area contributed by atoms with Crippen molar-refractivity contribution in [1.82, 2.24) is 15.1 Å². The number of nitrogens with zero attached hydrogens (tertiary/aromatic N) is 2. The number of hydrogen-bond acceptors (Lipinski definition) is 3. The molecule has 6 nitrogen and oxygen atoms in total. The second-order valence-corrected chi connectivity index (χ2v) is 7.09. The Labute approximate surface area is 171 Å². The van der Waals surface area contributed by atoms with Gasteiger partial charge in [-0.1, -0.05) is 12.1 Å². The van der Waals surface area contributed by atoms with Gasteiger partial charge in [0.2, 0.25) is 0 Å². The summed E-state index contributed by atoms with van der Waals surface area (Å²) in [4.78, 5) is 27.7. The van der Waals surface area contributed by atoms with Gasteiger partial charge in [0.05, 0.1) is 6.54 Å². The molecule has 0 aliphatic carbocycles. The van der Waals surface area contributed by atoms with Gasteiger partial charge in [-0.25, -0.2) is 9.18 Å². The van der Waals surface area contributed by atoms with Crippen molar-refractivity contribution in [1.29, 1.82) is 0 Å². The first kappa shape index (κ1) is 22.2. The number of hydrogen-bond donors (Lipinski definition) is 1. The first-order valence-electron chi connectivity index (χ1n) is 9.51. The monoisotopic (exact) mass is 401 g/mol. The van der Waals surface area contributed by atoms with Gasteiger partial charge >= 0.3 is 6.03 Å². The number of carbonyl (C=O) groups is 2. The number of halogens is 1. The number of amides is 3. The Balaban J connectivity index is 1.76. The smallest absolute Gasteiger partial charge is 0.317 e. The minimum atomic E-state index is -0.321. The van der Waals surface area contributed by atoms with Gasteiger partial charge in [0.25, 0.3) is 5.91 Å². The normalized spacial score (nSPS) is 10.6. The molecule has 0 bridgehead atoms. The quantitative estimate of drug-likeness (QED) is 0.736. The minimum Gasteiger partial charge on any atom is -0.492 e. The molecule has 0 spiro atoms. The molecule has 2 rings (SSSR count). The third-order valence-electron chi connectivity index (χ3n) is 4.60. The fourth-order valence-corrected chi connectivity index (χ4v) is 2.45. The number of ether oxygens (including phenoxy) is 1. The van der Waals surface area contributed by atoms with E-state index in [-0.39, 0.29) is 23.8 Å². The fourth-order valence-electron chi connectivity index (χ4n) is 2.45. The second kappa shape index (κ2) is 10.5. The number of nitrogens with one attached hydrogen (secondary N) is 1. The van der Waals surface area contributed by atoms with Crippen molar-refractivity contribution >= 4 is 11.9 Å². The maximum Gasteiger partial charge on any atom is 0.317 e. The highest BCUT2D eigenvalue weighted by Gasteiger charge is 2.14. The van der Waals surface area contributed by atoms with Crippen LogP contribution < -0.4 is 10.1 Å². The van der Waals surface area contributed by atoms with Crippen molar-refractivity contribution in [2.24, 2.45) is 0 Å². The zero-order valence-electron chi connectivity index (χ0n) is 17.3. The fraction of sp³-hybridized carbons (Fsp3) is 0.364. The predicted octanol–water partition coefficient (Wildman–Crippen LogP) is 3.53. The van der Waals surface area contributed by atoms with Crippen LogP contribution in [-0.2, 0) is 6.54 Å². The first-order chi connectivity index (χ1) is 13.8. The van der Waals surface area contributed by atoms with Gasteiger partial charge in [0, 0.05) is 32.2 Å². The Hall–Kier alpha value is -3.09. The van der Waals surface area contributed by atoms with Gasteiger partial charge in [-0.15, -0.1) is 0 Å². The SMILES string of the molecule is CC(C)N(C)C(=O)c1ccc(CNC(=O)N(C)CCOc2ccc(F)cc2)cc1. The summed E-state index contributed by atoms with van der Waals surface area (Å²) in [7, 11) is 3.45. The highest BCUT2D eigenvalue weighted by Crippen LogP contribution is 2.11. The lowest BCUT2D eigenvalue weighted by Gasteiger charge is -2.21. The van der Waals surface area contributed by atoms with E-state index < -0.39 is 0 Å². The van der Waals surface area contributed by atoms with Crippen molar-refractivity contribution in [2.75, 3.05) is 27.2 Å². The Morgan fingerprint density at radius 2 is 1.66 bits per heavy atom. The molecule has 1 N–H and O–H groups in total. The van der Waals surface area contributed by atoms with E-state index in [1.807, 2.05) is 26.0 Å². The summed E-state index contributed by atoms with van der Waals surface area (Å²) in [6.07, 6.45) is 0. The molecule has 0 aliphatic rings. The van der Waals surface area contributed by atoms with E-state index in [0.717, 1.165) is 5.56 Å². The van der Waals surface area contributed by atoms with Gasteiger partial charge in [0.1, 0.15) is 18.2 Å². The molecule has 156 valence electrons. The number of carbonyl (C=O) groups excluding carboxylic acids is 2. The zero-order valence-corrected chi connectivity index (χ0v) is 17.3. The second-order valence-electron chi connectivity index (χ2n) is 7.09. The summed E-state index contributed by atoms with van der Waals surface area (Å²) >= 11 is 0. The van der Waals surface area contributed by atoms with E-state index in [9.17, 15) is 14.0 Å². The molecule has 7 heteroatoms. The Morgan fingerprint density at radius 3 is 2.24 bits per heavy atom. The Morgan fingerprint density at radius 1 is 1.03 bits per heavy atom. The lowest BCUT2D eigenvalue weighted by Crippen LogP contribution is -2.39. The topological polar surface area (TPSA) is 61.9 Å². The van der Waals surface area contributed by atoms with E-state index in [1.165, 1.54) is 17.0 Å². The molecule has 0 aliphatic heterocycles. The van der Waals surface area contributed by atoms with Crippen LogP contribution in [0.5, 0.6) is 5.75 Å². The lowest BCUT2D eigenvalue weighted by atomic mass is 10.1. The van der Waals surface area contributed by atoms with Gasteiger partial charge < -0.3 is 19.9 Å². The van der Waals surface area contributed by atoms with Crippen LogP contribution in [0.4, 0.5) is 9.18 Å². The third kappa shape index (κ3) is 6.78. The average molecular weight is 401 g/mol. The Bertz CT molecular complexity index is 807. The maximum absolute atomic E-state index is 12.9. The largest absolute Gasteiger partial charge is 0.492 e. The molecule has 3 amide bonds. The Kier molecular flexibility index (Phi) is 8.00. The maximum atomic E-state index is 12.9. The summed E-state index contributed by atoms with van der Waals surface area (Å²) in [6, 6.07) is 12.8. The van der Waals surface area contributed by atoms with Gasteiger partial charge in [-0.3, -0.25) is 4.79 Å². The lowest BCUT2D eigenvalue weighted by molar-refractivity contribution is 0.0755. The van der Waals surface area contributed by atoms with Crippen LogP contribution in [0.1, 0.15) is 29.8 Å². The molecular weight excluding hydrogens is 373 g/mol. The first-order valence-corrected chi connectivity index (χ1v) is 9.51. The van der Waals surface area contributed by atoms with E-state index in [1.54, 1.807) is 43.3 Å². The molecule has 29 heavy (non-hydrogen) atoms.